The van der Waals surface area contributed by atoms with Gasteiger partial charge in [0, 0.05) is 18.6 Å². The molecule has 5 heteroatoms. The van der Waals surface area contributed by atoms with Gasteiger partial charge in [-0.15, -0.1) is 0 Å². The maximum Gasteiger partial charge on any atom is 0.236 e. The Morgan fingerprint density at radius 2 is 1.61 bits per heavy atom. The van der Waals surface area contributed by atoms with Gasteiger partial charge in [0.1, 0.15) is 0 Å². The summed E-state index contributed by atoms with van der Waals surface area (Å²) in [5.41, 5.74) is -0.193. The molecule has 106 valence electrons. The van der Waals surface area contributed by atoms with E-state index in [4.69, 9.17) is 0 Å². The summed E-state index contributed by atoms with van der Waals surface area (Å²) in [6, 6.07) is 0. The molecule has 2 amide bonds. The highest BCUT2D eigenvalue weighted by molar-refractivity contribution is 5.81. The maximum absolute atomic E-state index is 11.7. The lowest BCUT2D eigenvalue weighted by Gasteiger charge is -2.24. The Kier molecular flexibility index (Phi) is 7.59. The minimum atomic E-state index is -0.193. The van der Waals surface area contributed by atoms with E-state index in [1.165, 1.54) is 0 Å². The second-order valence-electron chi connectivity index (χ2n) is 4.96. The average Bonchev–Trinajstić information content (AvgIpc) is 2.30. The Hall–Kier alpha value is -1.10. The molecule has 0 unspecified atom stereocenters. The van der Waals surface area contributed by atoms with Crippen molar-refractivity contribution in [2.75, 3.05) is 26.2 Å². The van der Waals surface area contributed by atoms with E-state index >= 15 is 0 Å². The van der Waals surface area contributed by atoms with Gasteiger partial charge < -0.3 is 10.2 Å². The molecule has 0 aliphatic carbocycles. The SMILES string of the molecule is CCN(CC)C(=O)CNCC(=O)NC(C)(C)CC. The van der Waals surface area contributed by atoms with E-state index in [0.717, 1.165) is 6.42 Å². The van der Waals surface area contributed by atoms with Crippen molar-refractivity contribution in [1.29, 1.82) is 0 Å². The molecule has 0 aromatic carbocycles. The van der Waals surface area contributed by atoms with Crippen LogP contribution in [0.15, 0.2) is 0 Å². The average molecular weight is 257 g/mol. The third kappa shape index (κ3) is 6.59. The van der Waals surface area contributed by atoms with Gasteiger partial charge in [0.25, 0.3) is 0 Å². The number of nitrogens with zero attached hydrogens (tertiary/aromatic N) is 1. The topological polar surface area (TPSA) is 61.4 Å². The normalized spacial score (nSPS) is 11.2. The zero-order valence-corrected chi connectivity index (χ0v) is 12.3. The van der Waals surface area contributed by atoms with Crippen LogP contribution < -0.4 is 10.6 Å². The summed E-state index contributed by atoms with van der Waals surface area (Å²) >= 11 is 0. The van der Waals surface area contributed by atoms with Crippen LogP contribution in [0.2, 0.25) is 0 Å². The smallest absolute Gasteiger partial charge is 0.236 e. The van der Waals surface area contributed by atoms with Gasteiger partial charge in [0.05, 0.1) is 13.1 Å². The molecule has 0 heterocycles. The standard InChI is InChI=1S/C13H27N3O2/c1-6-13(4,5)15-11(17)9-14-10-12(18)16(7-2)8-3/h14H,6-10H2,1-5H3,(H,15,17). The monoisotopic (exact) mass is 257 g/mol. The summed E-state index contributed by atoms with van der Waals surface area (Å²) in [6.07, 6.45) is 0.872. The fourth-order valence-electron chi connectivity index (χ4n) is 1.48. The first-order valence-corrected chi connectivity index (χ1v) is 6.65. The minimum Gasteiger partial charge on any atom is -0.350 e. The molecule has 0 saturated heterocycles. The highest BCUT2D eigenvalue weighted by atomic mass is 16.2. The van der Waals surface area contributed by atoms with E-state index < -0.39 is 0 Å². The predicted octanol–water partition coefficient (Wildman–Crippen LogP) is 0.749. The zero-order valence-electron chi connectivity index (χ0n) is 12.3. The molecule has 5 nitrogen and oxygen atoms in total. The fraction of sp³-hybridized carbons (Fsp3) is 0.846. The van der Waals surface area contributed by atoms with Crippen LogP contribution in [0.1, 0.15) is 41.0 Å². The first kappa shape index (κ1) is 16.9. The van der Waals surface area contributed by atoms with Crippen LogP contribution in [0.5, 0.6) is 0 Å². The van der Waals surface area contributed by atoms with E-state index in [9.17, 15) is 9.59 Å². The minimum absolute atomic E-state index is 0.0301. The van der Waals surface area contributed by atoms with Crippen LogP contribution in [0, 0.1) is 0 Å². The lowest BCUT2D eigenvalue weighted by molar-refractivity contribution is -0.130. The van der Waals surface area contributed by atoms with Crippen molar-refractivity contribution in [2.45, 2.75) is 46.6 Å². The van der Waals surface area contributed by atoms with Gasteiger partial charge in [-0.25, -0.2) is 0 Å². The summed E-state index contributed by atoms with van der Waals surface area (Å²) in [7, 11) is 0. The van der Waals surface area contributed by atoms with Gasteiger partial charge in [-0.1, -0.05) is 6.92 Å². The van der Waals surface area contributed by atoms with Crippen LogP contribution in [-0.4, -0.2) is 48.4 Å². The summed E-state index contributed by atoms with van der Waals surface area (Å²) in [5, 5.41) is 5.79. The fourth-order valence-corrected chi connectivity index (χ4v) is 1.48. The molecule has 18 heavy (non-hydrogen) atoms. The van der Waals surface area contributed by atoms with Gasteiger partial charge in [-0.3, -0.25) is 14.9 Å². The van der Waals surface area contributed by atoms with Crippen molar-refractivity contribution in [3.63, 3.8) is 0 Å². The number of hydrogen-bond donors (Lipinski definition) is 2. The Morgan fingerprint density at radius 3 is 2.06 bits per heavy atom. The molecule has 0 aromatic heterocycles. The molecule has 0 bridgehead atoms. The van der Waals surface area contributed by atoms with Crippen molar-refractivity contribution in [3.05, 3.63) is 0 Å². The molecule has 0 atom stereocenters. The number of rotatable bonds is 8. The van der Waals surface area contributed by atoms with E-state index in [1.807, 2.05) is 34.6 Å². The number of nitrogens with one attached hydrogen (secondary N) is 2. The van der Waals surface area contributed by atoms with Crippen LogP contribution in [0.3, 0.4) is 0 Å². The molecule has 0 aliphatic heterocycles. The number of carbonyl (C=O) groups is 2. The Balaban J connectivity index is 3.91. The van der Waals surface area contributed by atoms with Crippen LogP contribution in [0.25, 0.3) is 0 Å². The summed E-state index contributed by atoms with van der Waals surface area (Å²) < 4.78 is 0. The Morgan fingerprint density at radius 1 is 1.06 bits per heavy atom. The molecular weight excluding hydrogens is 230 g/mol. The largest absolute Gasteiger partial charge is 0.350 e. The van der Waals surface area contributed by atoms with Crippen molar-refractivity contribution in [2.24, 2.45) is 0 Å². The van der Waals surface area contributed by atoms with Gasteiger partial charge in [-0.2, -0.15) is 0 Å². The number of amides is 2. The van der Waals surface area contributed by atoms with Crippen molar-refractivity contribution < 1.29 is 9.59 Å². The second-order valence-corrected chi connectivity index (χ2v) is 4.96. The lowest BCUT2D eigenvalue weighted by Crippen LogP contribution is -2.48. The van der Waals surface area contributed by atoms with Crippen molar-refractivity contribution >= 4 is 11.8 Å². The van der Waals surface area contributed by atoms with E-state index in [0.29, 0.717) is 13.1 Å². The second kappa shape index (κ2) is 8.08. The third-order valence-electron chi connectivity index (χ3n) is 3.04. The first-order chi connectivity index (χ1) is 8.36. The molecule has 2 N–H and O–H groups in total. The van der Waals surface area contributed by atoms with Crippen LogP contribution in [-0.2, 0) is 9.59 Å². The molecule has 0 spiro atoms. The highest BCUT2D eigenvalue weighted by Gasteiger charge is 2.17. The zero-order chi connectivity index (χ0) is 14.2. The molecule has 0 rings (SSSR count). The maximum atomic E-state index is 11.7. The first-order valence-electron chi connectivity index (χ1n) is 6.65. The van der Waals surface area contributed by atoms with Gasteiger partial charge in [-0.05, 0) is 34.1 Å². The van der Waals surface area contributed by atoms with Crippen molar-refractivity contribution in [1.82, 2.24) is 15.5 Å². The summed E-state index contributed by atoms with van der Waals surface area (Å²) in [4.78, 5) is 25.0. The third-order valence-corrected chi connectivity index (χ3v) is 3.04. The van der Waals surface area contributed by atoms with E-state index in [1.54, 1.807) is 4.90 Å². The van der Waals surface area contributed by atoms with Crippen molar-refractivity contribution in [3.8, 4) is 0 Å². The molecule has 0 aliphatic rings. The molecular formula is C13H27N3O2. The predicted molar refractivity (Wildman–Crippen MR) is 73.3 cm³/mol. The molecule has 0 aromatic rings. The van der Waals surface area contributed by atoms with Crippen LogP contribution in [0.4, 0.5) is 0 Å². The molecule has 0 saturated carbocycles. The number of hydrogen-bond acceptors (Lipinski definition) is 3. The quantitative estimate of drug-likeness (QED) is 0.674. The highest BCUT2D eigenvalue weighted by Crippen LogP contribution is 2.05. The summed E-state index contributed by atoms with van der Waals surface area (Å²) in [5.74, 6) is -0.0447. The Bertz CT molecular complexity index is 273. The van der Waals surface area contributed by atoms with Crippen LogP contribution >= 0.6 is 0 Å². The molecule has 0 fully saturated rings. The lowest BCUT2D eigenvalue weighted by atomic mass is 10.0. The number of likely N-dealkylation sites (N-methyl/N-ethyl adjacent to an activating group) is 1. The molecule has 0 radical (unpaired) electrons. The summed E-state index contributed by atoms with van der Waals surface area (Å²) in [6.45, 7) is 11.7. The van der Waals surface area contributed by atoms with Gasteiger partial charge in [0.15, 0.2) is 0 Å². The Labute approximate surface area is 110 Å². The van der Waals surface area contributed by atoms with Gasteiger partial charge in [0.2, 0.25) is 11.8 Å². The van der Waals surface area contributed by atoms with Gasteiger partial charge >= 0.3 is 0 Å². The number of carbonyl (C=O) groups excluding carboxylic acids is 2. The van der Waals surface area contributed by atoms with E-state index in [2.05, 4.69) is 10.6 Å². The van der Waals surface area contributed by atoms with E-state index in [-0.39, 0.29) is 30.4 Å².